The van der Waals surface area contributed by atoms with Crippen molar-refractivity contribution in [3.05, 3.63) is 86.9 Å². The Morgan fingerprint density at radius 2 is 1.75 bits per heavy atom. The van der Waals surface area contributed by atoms with E-state index in [1.54, 1.807) is 27.7 Å². The highest BCUT2D eigenvalue weighted by molar-refractivity contribution is 7.98. The first-order valence-corrected chi connectivity index (χ1v) is 10.4. The lowest BCUT2D eigenvalue weighted by atomic mass is 10.2. The maximum atomic E-state index is 13.1. The number of thioether (sulfide) groups is 1. The summed E-state index contributed by atoms with van der Waals surface area (Å²) >= 11 is 13.4. The number of hydrogen-bond donors (Lipinski definition) is 0. The van der Waals surface area contributed by atoms with Crippen LogP contribution in [-0.4, -0.2) is 19.3 Å². The van der Waals surface area contributed by atoms with Crippen molar-refractivity contribution in [1.29, 1.82) is 0 Å². The maximum absolute atomic E-state index is 13.1. The van der Waals surface area contributed by atoms with Crippen molar-refractivity contribution in [3.8, 4) is 0 Å². The van der Waals surface area contributed by atoms with Crippen molar-refractivity contribution in [2.45, 2.75) is 24.0 Å². The zero-order valence-electron chi connectivity index (χ0n) is 14.8. The van der Waals surface area contributed by atoms with Gasteiger partial charge in [0.15, 0.2) is 5.16 Å². The average Bonchev–Trinajstić information content (AvgIpc) is 3.12. The van der Waals surface area contributed by atoms with Crippen molar-refractivity contribution in [1.82, 2.24) is 19.3 Å². The molecule has 2 aromatic carbocycles. The van der Waals surface area contributed by atoms with E-state index in [9.17, 15) is 4.79 Å². The Balaban J connectivity index is 1.65. The number of nitrogens with zero attached hydrogens (tertiary/aromatic N) is 4. The number of aryl methyl sites for hydroxylation is 1. The first-order valence-electron chi connectivity index (χ1n) is 8.65. The summed E-state index contributed by atoms with van der Waals surface area (Å²) in [6, 6.07) is 15.1. The average molecular weight is 431 g/mol. The molecule has 0 atom stereocenters. The number of hydrogen-bond acceptors (Lipinski definition) is 4. The Hall–Kier alpha value is -2.28. The number of fused-ring (bicyclic) bond motifs is 1. The van der Waals surface area contributed by atoms with Crippen LogP contribution in [0.15, 0.2) is 70.9 Å². The molecule has 0 saturated carbocycles. The first kappa shape index (κ1) is 19.1. The molecule has 2 heterocycles. The smallest absolute Gasteiger partial charge is 0.262 e. The first-order chi connectivity index (χ1) is 13.6. The normalized spacial score (nSPS) is 11.2. The molecule has 0 aliphatic carbocycles. The molecule has 0 bridgehead atoms. The van der Waals surface area contributed by atoms with Gasteiger partial charge in [-0.2, -0.15) is 5.10 Å². The highest BCUT2D eigenvalue weighted by Gasteiger charge is 2.12. The van der Waals surface area contributed by atoms with Gasteiger partial charge in [-0.25, -0.2) is 4.98 Å². The van der Waals surface area contributed by atoms with Crippen LogP contribution in [0.3, 0.4) is 0 Å². The lowest BCUT2D eigenvalue weighted by Gasteiger charge is -2.13. The maximum Gasteiger partial charge on any atom is 0.262 e. The van der Waals surface area contributed by atoms with Gasteiger partial charge in [-0.3, -0.25) is 14.0 Å². The van der Waals surface area contributed by atoms with Gasteiger partial charge in [0.1, 0.15) is 0 Å². The van der Waals surface area contributed by atoms with Crippen LogP contribution >= 0.6 is 35.0 Å². The van der Waals surface area contributed by atoms with E-state index in [1.165, 1.54) is 11.8 Å². The van der Waals surface area contributed by atoms with E-state index in [0.717, 1.165) is 5.56 Å². The van der Waals surface area contributed by atoms with Crippen molar-refractivity contribution in [2.75, 3.05) is 0 Å². The second kappa shape index (κ2) is 8.39. The second-order valence-electron chi connectivity index (χ2n) is 6.21. The molecule has 0 unspecified atom stereocenters. The van der Waals surface area contributed by atoms with Crippen LogP contribution in [0.4, 0.5) is 0 Å². The molecule has 0 N–H and O–H groups in total. The predicted molar refractivity (Wildman–Crippen MR) is 114 cm³/mol. The molecule has 142 valence electrons. The number of aromatic nitrogens is 4. The minimum absolute atomic E-state index is 0.0533. The van der Waals surface area contributed by atoms with Gasteiger partial charge in [-0.15, -0.1) is 0 Å². The van der Waals surface area contributed by atoms with Crippen LogP contribution < -0.4 is 5.56 Å². The lowest BCUT2D eigenvalue weighted by molar-refractivity contribution is 0.492. The molecular weight excluding hydrogens is 415 g/mol. The molecule has 0 spiro atoms. The standard InChI is InChI=1S/C20H16Cl2N4OS/c21-15-7-5-14(6-8-15)13-28-20-24-18-4-2-1-3-17(18)19(27)26(20)10-9-25-12-16(22)11-23-25/h1-8,11-12H,9-10,13H2. The third-order valence-electron chi connectivity index (χ3n) is 4.26. The Bertz CT molecular complexity index is 1170. The van der Waals surface area contributed by atoms with Gasteiger partial charge in [-0.1, -0.05) is 59.2 Å². The molecular formula is C20H16Cl2N4OS. The van der Waals surface area contributed by atoms with Crippen molar-refractivity contribution < 1.29 is 0 Å². The quantitative estimate of drug-likeness (QED) is 0.322. The van der Waals surface area contributed by atoms with E-state index in [-0.39, 0.29) is 5.56 Å². The number of rotatable bonds is 6. The fourth-order valence-corrected chi connectivity index (χ4v) is 4.11. The minimum Gasteiger partial charge on any atom is -0.285 e. The summed E-state index contributed by atoms with van der Waals surface area (Å²) < 4.78 is 3.43. The molecule has 0 amide bonds. The van der Waals surface area contributed by atoms with Gasteiger partial charge >= 0.3 is 0 Å². The molecule has 4 aromatic rings. The molecule has 0 aliphatic rings. The van der Waals surface area contributed by atoms with Crippen molar-refractivity contribution in [3.63, 3.8) is 0 Å². The van der Waals surface area contributed by atoms with Crippen LogP contribution in [0.25, 0.3) is 10.9 Å². The van der Waals surface area contributed by atoms with E-state index in [1.807, 2.05) is 42.5 Å². The van der Waals surface area contributed by atoms with Crippen molar-refractivity contribution in [2.24, 2.45) is 0 Å². The summed E-state index contributed by atoms with van der Waals surface area (Å²) in [5, 5.41) is 6.74. The minimum atomic E-state index is -0.0533. The molecule has 2 aromatic heterocycles. The van der Waals surface area contributed by atoms with Crippen LogP contribution in [0.5, 0.6) is 0 Å². The van der Waals surface area contributed by atoms with Gasteiger partial charge in [0.25, 0.3) is 5.56 Å². The highest BCUT2D eigenvalue weighted by atomic mass is 35.5. The van der Waals surface area contributed by atoms with Crippen LogP contribution in [0.2, 0.25) is 10.0 Å². The van der Waals surface area contributed by atoms with E-state index >= 15 is 0 Å². The Morgan fingerprint density at radius 1 is 0.964 bits per heavy atom. The summed E-state index contributed by atoms with van der Waals surface area (Å²) in [4.78, 5) is 17.8. The van der Waals surface area contributed by atoms with Crippen molar-refractivity contribution >= 4 is 45.9 Å². The monoisotopic (exact) mass is 430 g/mol. The SMILES string of the molecule is O=c1c2ccccc2nc(SCc2ccc(Cl)cc2)n1CCn1cc(Cl)cn1. The molecule has 5 nitrogen and oxygen atoms in total. The Morgan fingerprint density at radius 3 is 2.50 bits per heavy atom. The Kier molecular flexibility index (Phi) is 5.71. The van der Waals surface area contributed by atoms with Crippen LogP contribution in [-0.2, 0) is 18.8 Å². The van der Waals surface area contributed by atoms with Gasteiger partial charge < -0.3 is 0 Å². The van der Waals surface area contributed by atoms with E-state index in [0.29, 0.717) is 44.9 Å². The van der Waals surface area contributed by atoms with E-state index < -0.39 is 0 Å². The van der Waals surface area contributed by atoms with Crippen LogP contribution in [0.1, 0.15) is 5.56 Å². The van der Waals surface area contributed by atoms with Gasteiger partial charge in [0, 0.05) is 23.5 Å². The number of para-hydroxylation sites is 1. The summed E-state index contributed by atoms with van der Waals surface area (Å²) in [5.41, 5.74) is 1.76. The fourth-order valence-electron chi connectivity index (χ4n) is 2.85. The second-order valence-corrected chi connectivity index (χ2v) is 8.02. The molecule has 0 saturated heterocycles. The molecule has 28 heavy (non-hydrogen) atoms. The third kappa shape index (κ3) is 4.24. The summed E-state index contributed by atoms with van der Waals surface area (Å²) in [6.07, 6.45) is 3.32. The van der Waals surface area contributed by atoms with Gasteiger partial charge in [-0.05, 0) is 29.8 Å². The van der Waals surface area contributed by atoms with Gasteiger partial charge in [0.05, 0.1) is 28.7 Å². The third-order valence-corrected chi connectivity index (χ3v) is 5.76. The molecule has 0 aliphatic heterocycles. The molecule has 0 fully saturated rings. The van der Waals surface area contributed by atoms with Crippen LogP contribution in [0, 0.1) is 0 Å². The predicted octanol–water partition coefficient (Wildman–Crippen LogP) is 4.89. The van der Waals surface area contributed by atoms with Gasteiger partial charge in [0.2, 0.25) is 0 Å². The van der Waals surface area contributed by atoms with E-state index in [2.05, 4.69) is 5.10 Å². The topological polar surface area (TPSA) is 52.7 Å². The largest absolute Gasteiger partial charge is 0.285 e. The molecule has 4 rings (SSSR count). The molecule has 8 heteroatoms. The lowest BCUT2D eigenvalue weighted by Crippen LogP contribution is -2.25. The zero-order valence-corrected chi connectivity index (χ0v) is 17.1. The number of halogens is 2. The van der Waals surface area contributed by atoms with E-state index in [4.69, 9.17) is 28.2 Å². The highest BCUT2D eigenvalue weighted by Crippen LogP contribution is 2.23. The Labute approximate surface area is 175 Å². The summed E-state index contributed by atoms with van der Waals surface area (Å²) in [7, 11) is 0. The summed E-state index contributed by atoms with van der Waals surface area (Å²) in [6.45, 7) is 0.985. The molecule has 0 radical (unpaired) electrons. The summed E-state index contributed by atoms with van der Waals surface area (Å²) in [5.74, 6) is 0.690. The zero-order chi connectivity index (χ0) is 19.5. The number of benzene rings is 2. The fraction of sp³-hybridized carbons (Fsp3) is 0.150.